The summed E-state index contributed by atoms with van der Waals surface area (Å²) < 4.78 is 6.42. The van der Waals surface area contributed by atoms with Gasteiger partial charge in [0.05, 0.1) is 5.92 Å². The van der Waals surface area contributed by atoms with Crippen LogP contribution in [-0.2, 0) is 9.53 Å². The molecule has 0 aromatic rings. The number of esters is 1. The third kappa shape index (κ3) is 2.48. The van der Waals surface area contributed by atoms with E-state index in [4.69, 9.17) is 4.74 Å². The minimum absolute atomic E-state index is 0.106. The summed E-state index contributed by atoms with van der Waals surface area (Å²) in [6.45, 7) is 7.21. The summed E-state index contributed by atoms with van der Waals surface area (Å²) in [5, 5.41) is 0. The van der Waals surface area contributed by atoms with Gasteiger partial charge in [-0.15, -0.1) is 0 Å². The van der Waals surface area contributed by atoms with E-state index in [-0.39, 0.29) is 17.5 Å². The largest absolute Gasteiger partial charge is 0.459 e. The van der Waals surface area contributed by atoms with Crippen molar-refractivity contribution in [3.63, 3.8) is 0 Å². The standard InChI is InChI=1S/C32H48O2/c1-4-16-11-17(5-2)26-22-14-21(25(16)26)29-23-15-24(30(22)29)28-19-12-18(27(23)28)13-20(19)31(33)34-32(6-3)9-7-8-10-32/h16-30H,4-15H2,1-3H3. The number of carbonyl (C=O) groups excluding carboxylic acids is 1. The molecule has 15 unspecified atom stereocenters. The minimum atomic E-state index is -0.106. The van der Waals surface area contributed by atoms with Gasteiger partial charge in [0.1, 0.15) is 5.60 Å². The Morgan fingerprint density at radius 2 is 1.24 bits per heavy atom. The number of rotatable bonds is 5. The lowest BCUT2D eigenvalue weighted by molar-refractivity contribution is -0.169. The maximum Gasteiger partial charge on any atom is 0.309 e. The zero-order valence-electron chi connectivity index (χ0n) is 22.0. The molecule has 0 aliphatic heterocycles. The molecule has 8 saturated carbocycles. The Labute approximate surface area is 207 Å². The molecule has 188 valence electrons. The van der Waals surface area contributed by atoms with Crippen LogP contribution in [0.3, 0.4) is 0 Å². The first kappa shape index (κ1) is 21.5. The van der Waals surface area contributed by atoms with Crippen LogP contribution >= 0.6 is 0 Å². The van der Waals surface area contributed by atoms with Crippen molar-refractivity contribution < 1.29 is 9.53 Å². The number of ether oxygens (including phenoxy) is 1. The molecule has 0 saturated heterocycles. The highest BCUT2D eigenvalue weighted by Crippen LogP contribution is 2.80. The minimum Gasteiger partial charge on any atom is -0.459 e. The number of carbonyl (C=O) groups is 1. The highest BCUT2D eigenvalue weighted by atomic mass is 16.6. The molecular formula is C32H48O2. The van der Waals surface area contributed by atoms with Gasteiger partial charge in [0.2, 0.25) is 0 Å². The van der Waals surface area contributed by atoms with Crippen molar-refractivity contribution in [3.05, 3.63) is 0 Å². The van der Waals surface area contributed by atoms with E-state index in [1.54, 1.807) is 19.3 Å². The van der Waals surface area contributed by atoms with Gasteiger partial charge in [-0.3, -0.25) is 4.79 Å². The van der Waals surface area contributed by atoms with Gasteiger partial charge < -0.3 is 4.74 Å². The van der Waals surface area contributed by atoms with Crippen LogP contribution in [0.1, 0.15) is 97.8 Å². The third-order valence-electron chi connectivity index (χ3n) is 14.6. The topological polar surface area (TPSA) is 26.3 Å². The molecule has 0 spiro atoms. The van der Waals surface area contributed by atoms with Crippen LogP contribution in [0.4, 0.5) is 0 Å². The quantitative estimate of drug-likeness (QED) is 0.314. The van der Waals surface area contributed by atoms with E-state index in [1.165, 1.54) is 38.5 Å². The Kier molecular flexibility index (Phi) is 4.61. The summed E-state index contributed by atoms with van der Waals surface area (Å²) >= 11 is 0. The van der Waals surface area contributed by atoms with Crippen LogP contribution in [-0.4, -0.2) is 11.6 Å². The number of hydrogen-bond acceptors (Lipinski definition) is 2. The smallest absolute Gasteiger partial charge is 0.309 e. The summed E-state index contributed by atoms with van der Waals surface area (Å²) in [6, 6.07) is 0. The summed E-state index contributed by atoms with van der Waals surface area (Å²) in [4.78, 5) is 13.6. The molecule has 8 aliphatic rings. The van der Waals surface area contributed by atoms with Crippen molar-refractivity contribution in [1.82, 2.24) is 0 Å². The molecule has 0 N–H and O–H groups in total. The Morgan fingerprint density at radius 3 is 1.82 bits per heavy atom. The number of hydrogen-bond donors (Lipinski definition) is 0. The van der Waals surface area contributed by atoms with Gasteiger partial charge in [-0.1, -0.05) is 33.6 Å². The first-order valence-corrected chi connectivity index (χ1v) is 15.8. The van der Waals surface area contributed by atoms with Crippen LogP contribution in [0.25, 0.3) is 0 Å². The highest BCUT2D eigenvalue weighted by molar-refractivity contribution is 5.74. The summed E-state index contributed by atoms with van der Waals surface area (Å²) in [5.41, 5.74) is -0.106. The van der Waals surface area contributed by atoms with E-state index in [2.05, 4.69) is 20.8 Å². The normalized spacial score (nSPS) is 59.0. The molecule has 15 atom stereocenters. The highest BCUT2D eigenvalue weighted by Gasteiger charge is 2.75. The Balaban J connectivity index is 1.05. The molecule has 8 fully saturated rings. The summed E-state index contributed by atoms with van der Waals surface area (Å²) in [5.74, 6) is 14.4. The summed E-state index contributed by atoms with van der Waals surface area (Å²) in [7, 11) is 0. The van der Waals surface area contributed by atoms with Gasteiger partial charge in [0.25, 0.3) is 0 Å². The fourth-order valence-corrected chi connectivity index (χ4v) is 14.0. The van der Waals surface area contributed by atoms with Gasteiger partial charge in [0.15, 0.2) is 0 Å². The van der Waals surface area contributed by atoms with E-state index in [0.717, 1.165) is 96.2 Å². The maximum absolute atomic E-state index is 13.6. The van der Waals surface area contributed by atoms with Gasteiger partial charge in [-0.2, -0.15) is 0 Å². The Hall–Kier alpha value is -0.530. The van der Waals surface area contributed by atoms with Crippen LogP contribution in [0, 0.1) is 88.8 Å². The molecule has 2 heteroatoms. The Morgan fingerprint density at radius 1 is 0.676 bits per heavy atom. The van der Waals surface area contributed by atoms with Gasteiger partial charge in [0, 0.05) is 0 Å². The predicted molar refractivity (Wildman–Crippen MR) is 134 cm³/mol. The lowest BCUT2D eigenvalue weighted by Crippen LogP contribution is -2.48. The summed E-state index contributed by atoms with van der Waals surface area (Å²) in [6.07, 6.45) is 15.9. The first-order chi connectivity index (χ1) is 16.6. The molecule has 0 radical (unpaired) electrons. The first-order valence-electron chi connectivity index (χ1n) is 15.8. The molecule has 0 aromatic carbocycles. The monoisotopic (exact) mass is 464 g/mol. The van der Waals surface area contributed by atoms with E-state index < -0.39 is 0 Å². The lowest BCUT2D eigenvalue weighted by Gasteiger charge is -2.50. The fraction of sp³-hybridized carbons (Fsp3) is 0.969. The van der Waals surface area contributed by atoms with Crippen LogP contribution in [0.15, 0.2) is 0 Å². The van der Waals surface area contributed by atoms with Crippen molar-refractivity contribution in [2.24, 2.45) is 88.8 Å². The van der Waals surface area contributed by atoms with Crippen LogP contribution < -0.4 is 0 Å². The van der Waals surface area contributed by atoms with E-state index >= 15 is 0 Å². The maximum atomic E-state index is 13.6. The van der Waals surface area contributed by atoms with Crippen LogP contribution in [0.2, 0.25) is 0 Å². The second-order valence-electron chi connectivity index (χ2n) is 14.8. The van der Waals surface area contributed by atoms with E-state index in [9.17, 15) is 4.79 Å². The van der Waals surface area contributed by atoms with Crippen molar-refractivity contribution in [2.45, 2.75) is 103 Å². The molecule has 8 rings (SSSR count). The molecule has 0 aromatic heterocycles. The van der Waals surface area contributed by atoms with E-state index in [1.807, 2.05) is 0 Å². The van der Waals surface area contributed by atoms with Crippen molar-refractivity contribution in [1.29, 1.82) is 0 Å². The average molecular weight is 465 g/mol. The molecule has 0 heterocycles. The zero-order chi connectivity index (χ0) is 22.9. The van der Waals surface area contributed by atoms with Gasteiger partial charge in [-0.05, 0) is 147 Å². The van der Waals surface area contributed by atoms with Crippen molar-refractivity contribution in [3.8, 4) is 0 Å². The molecule has 0 amide bonds. The lowest BCUT2D eigenvalue weighted by atomic mass is 9.55. The van der Waals surface area contributed by atoms with Crippen LogP contribution in [0.5, 0.6) is 0 Å². The molecule has 6 bridgehead atoms. The molecule has 34 heavy (non-hydrogen) atoms. The second kappa shape index (κ2) is 7.28. The van der Waals surface area contributed by atoms with Gasteiger partial charge in [-0.25, -0.2) is 0 Å². The van der Waals surface area contributed by atoms with Gasteiger partial charge >= 0.3 is 5.97 Å². The van der Waals surface area contributed by atoms with Crippen molar-refractivity contribution in [2.75, 3.05) is 0 Å². The Bertz CT molecular complexity index is 857. The SMILES string of the molecule is CCC1CC(CC)C2C3CC(C12)C1C2CC(C4C5CC(CC5C(=O)OC5(CC)CCCC5)C24)C31. The fourth-order valence-electron chi connectivity index (χ4n) is 14.0. The molecule has 8 aliphatic carbocycles. The van der Waals surface area contributed by atoms with Crippen molar-refractivity contribution >= 4 is 5.97 Å². The molecule has 2 nitrogen and oxygen atoms in total. The zero-order valence-corrected chi connectivity index (χ0v) is 22.0. The average Bonchev–Trinajstić information content (AvgIpc) is 3.69. The van der Waals surface area contributed by atoms with E-state index in [0.29, 0.717) is 5.92 Å². The third-order valence-corrected chi connectivity index (χ3v) is 14.6. The predicted octanol–water partition coefficient (Wildman–Crippen LogP) is 7.36. The molecular weight excluding hydrogens is 416 g/mol. The second-order valence-corrected chi connectivity index (χ2v) is 14.8. The number of fused-ring (bicyclic) bond motifs is 19.